The van der Waals surface area contributed by atoms with Crippen LogP contribution in [0.4, 0.5) is 5.69 Å². The molecule has 8 nitrogen and oxygen atoms in total. The second-order valence-corrected chi connectivity index (χ2v) is 6.09. The van der Waals surface area contributed by atoms with Gasteiger partial charge < -0.3 is 4.90 Å². The molecular formula is C16H17N3O5. The third-order valence-corrected chi connectivity index (χ3v) is 4.59. The quantitative estimate of drug-likeness (QED) is 0.475. The minimum absolute atomic E-state index is 0.0197. The summed E-state index contributed by atoms with van der Waals surface area (Å²) < 4.78 is 0. The first-order valence-electron chi connectivity index (χ1n) is 7.85. The molecule has 1 aromatic rings. The van der Waals surface area contributed by atoms with Crippen LogP contribution in [-0.2, 0) is 4.79 Å². The van der Waals surface area contributed by atoms with Crippen LogP contribution in [0.25, 0.3) is 0 Å². The van der Waals surface area contributed by atoms with Gasteiger partial charge in [0.25, 0.3) is 17.5 Å². The van der Waals surface area contributed by atoms with Gasteiger partial charge in [0, 0.05) is 18.7 Å². The molecule has 0 unspecified atom stereocenters. The molecule has 126 valence electrons. The van der Waals surface area contributed by atoms with Gasteiger partial charge in [-0.3, -0.25) is 29.4 Å². The smallest absolute Gasteiger partial charge is 0.282 e. The largest absolute Gasteiger partial charge is 0.338 e. The van der Waals surface area contributed by atoms with Crippen LogP contribution in [0, 0.1) is 10.1 Å². The highest BCUT2D eigenvalue weighted by Crippen LogP contribution is 2.30. The normalized spacial score (nSPS) is 20.3. The maximum absolute atomic E-state index is 12.5. The van der Waals surface area contributed by atoms with Crippen LogP contribution in [-0.4, -0.2) is 51.6 Å². The van der Waals surface area contributed by atoms with Crippen molar-refractivity contribution in [3.05, 3.63) is 39.4 Å². The van der Waals surface area contributed by atoms with Crippen LogP contribution in [0.15, 0.2) is 18.2 Å². The number of piperidine rings is 1. The van der Waals surface area contributed by atoms with E-state index in [0.717, 1.165) is 24.2 Å². The first kappa shape index (κ1) is 16.1. The molecule has 0 aromatic heterocycles. The van der Waals surface area contributed by atoms with Crippen molar-refractivity contribution in [1.82, 2.24) is 9.80 Å². The topological polar surface area (TPSA) is 101 Å². The van der Waals surface area contributed by atoms with Gasteiger partial charge >= 0.3 is 0 Å². The Kier molecular flexibility index (Phi) is 4.04. The Morgan fingerprint density at radius 1 is 1.29 bits per heavy atom. The zero-order chi connectivity index (χ0) is 17.4. The molecule has 3 rings (SSSR count). The van der Waals surface area contributed by atoms with Crippen molar-refractivity contribution >= 4 is 23.4 Å². The Hall–Kier alpha value is -2.77. The number of rotatable bonds is 3. The molecule has 0 saturated carbocycles. The number of likely N-dealkylation sites (tertiary alicyclic amines) is 1. The highest BCUT2D eigenvalue weighted by Gasteiger charge is 2.42. The van der Waals surface area contributed by atoms with E-state index in [1.165, 1.54) is 18.2 Å². The predicted octanol–water partition coefficient (Wildman–Crippen LogP) is 1.59. The molecule has 0 radical (unpaired) electrons. The molecule has 3 amide bonds. The number of amides is 3. The Balaban J connectivity index is 1.85. The van der Waals surface area contributed by atoms with Gasteiger partial charge in [0.15, 0.2) is 0 Å². The molecule has 1 fully saturated rings. The van der Waals surface area contributed by atoms with Gasteiger partial charge in [0.1, 0.15) is 12.1 Å². The number of hydrogen-bond donors (Lipinski definition) is 0. The first-order chi connectivity index (χ1) is 11.4. The van der Waals surface area contributed by atoms with Gasteiger partial charge in [-0.1, -0.05) is 6.07 Å². The Labute approximate surface area is 138 Å². The molecule has 2 heterocycles. The van der Waals surface area contributed by atoms with Gasteiger partial charge in [0.05, 0.1) is 10.5 Å². The van der Waals surface area contributed by atoms with E-state index in [2.05, 4.69) is 0 Å². The van der Waals surface area contributed by atoms with Gasteiger partial charge in [0.2, 0.25) is 5.91 Å². The molecule has 2 aliphatic heterocycles. The fourth-order valence-electron chi connectivity index (χ4n) is 3.31. The number of nitro groups is 1. The summed E-state index contributed by atoms with van der Waals surface area (Å²) in [5, 5.41) is 11.1. The summed E-state index contributed by atoms with van der Waals surface area (Å²) in [7, 11) is 0. The van der Waals surface area contributed by atoms with Crippen LogP contribution in [0.2, 0.25) is 0 Å². The highest BCUT2D eigenvalue weighted by molar-refractivity contribution is 6.24. The van der Waals surface area contributed by atoms with Crippen LogP contribution in [0.5, 0.6) is 0 Å². The van der Waals surface area contributed by atoms with Crippen molar-refractivity contribution < 1.29 is 19.3 Å². The lowest BCUT2D eigenvalue weighted by molar-refractivity contribution is -0.385. The van der Waals surface area contributed by atoms with Gasteiger partial charge in [-0.25, -0.2) is 0 Å². The summed E-state index contributed by atoms with van der Waals surface area (Å²) >= 11 is 0. The van der Waals surface area contributed by atoms with Crippen LogP contribution in [0.1, 0.15) is 46.9 Å². The van der Waals surface area contributed by atoms with Crippen LogP contribution < -0.4 is 0 Å². The molecule has 1 atom stereocenters. The number of carbonyl (C=O) groups excluding carboxylic acids is 3. The Bertz CT molecular complexity index is 745. The zero-order valence-electron chi connectivity index (χ0n) is 13.2. The molecule has 1 aromatic carbocycles. The summed E-state index contributed by atoms with van der Waals surface area (Å²) in [5.74, 6) is -1.74. The van der Waals surface area contributed by atoms with E-state index in [-0.39, 0.29) is 29.6 Å². The predicted molar refractivity (Wildman–Crippen MR) is 83.5 cm³/mol. The SMILES string of the molecule is C[C@@H]1CCCCN1C(=O)CN1C(=O)c2cccc([N+](=O)[O-])c2C1=O. The molecule has 0 N–H and O–H groups in total. The van der Waals surface area contributed by atoms with E-state index in [9.17, 15) is 24.5 Å². The second kappa shape index (κ2) is 6.03. The first-order valence-corrected chi connectivity index (χ1v) is 7.85. The molecule has 0 bridgehead atoms. The number of imide groups is 1. The number of nitrogens with zero attached hydrogens (tertiary/aromatic N) is 3. The third kappa shape index (κ3) is 2.53. The van der Waals surface area contributed by atoms with E-state index in [0.29, 0.717) is 6.54 Å². The van der Waals surface area contributed by atoms with Gasteiger partial charge in [-0.15, -0.1) is 0 Å². The van der Waals surface area contributed by atoms with Crippen molar-refractivity contribution in [2.75, 3.05) is 13.1 Å². The molecule has 8 heteroatoms. The molecule has 0 aliphatic carbocycles. The number of fused-ring (bicyclic) bond motifs is 1. The maximum atomic E-state index is 12.5. The van der Waals surface area contributed by atoms with Crippen molar-refractivity contribution in [2.45, 2.75) is 32.2 Å². The summed E-state index contributed by atoms with van der Waals surface area (Å²) in [4.78, 5) is 50.2. The Morgan fingerprint density at radius 2 is 2.04 bits per heavy atom. The van der Waals surface area contributed by atoms with Crippen LogP contribution in [0.3, 0.4) is 0 Å². The lowest BCUT2D eigenvalue weighted by atomic mass is 10.0. The van der Waals surface area contributed by atoms with Crippen molar-refractivity contribution in [2.24, 2.45) is 0 Å². The monoisotopic (exact) mass is 331 g/mol. The fraction of sp³-hybridized carbons (Fsp3) is 0.438. The zero-order valence-corrected chi connectivity index (χ0v) is 13.2. The lowest BCUT2D eigenvalue weighted by Gasteiger charge is -2.34. The summed E-state index contributed by atoms with van der Waals surface area (Å²) in [6.45, 7) is 2.15. The summed E-state index contributed by atoms with van der Waals surface area (Å²) in [6, 6.07) is 3.98. The number of nitro benzene ring substituents is 1. The lowest BCUT2D eigenvalue weighted by Crippen LogP contribution is -2.48. The average Bonchev–Trinajstić information content (AvgIpc) is 2.80. The standard InChI is InChI=1S/C16H17N3O5/c1-10-5-2-3-8-17(10)13(20)9-18-15(21)11-6-4-7-12(19(23)24)14(11)16(18)22/h4,6-7,10H,2-3,5,8-9H2,1H3/t10-/m1/s1. The van der Waals surface area contributed by atoms with Gasteiger partial charge in [-0.05, 0) is 32.3 Å². The number of benzene rings is 1. The van der Waals surface area contributed by atoms with Crippen molar-refractivity contribution in [1.29, 1.82) is 0 Å². The van der Waals surface area contributed by atoms with Crippen LogP contribution >= 0.6 is 0 Å². The summed E-state index contributed by atoms with van der Waals surface area (Å²) in [5.41, 5.74) is -0.659. The molecule has 0 spiro atoms. The molecule has 2 aliphatic rings. The molecule has 24 heavy (non-hydrogen) atoms. The highest BCUT2D eigenvalue weighted by atomic mass is 16.6. The summed E-state index contributed by atoms with van der Waals surface area (Å²) in [6.07, 6.45) is 2.83. The van der Waals surface area contributed by atoms with E-state index in [1.807, 2.05) is 6.92 Å². The van der Waals surface area contributed by atoms with Gasteiger partial charge in [-0.2, -0.15) is 0 Å². The minimum atomic E-state index is -0.777. The average molecular weight is 331 g/mol. The maximum Gasteiger partial charge on any atom is 0.282 e. The fourth-order valence-corrected chi connectivity index (χ4v) is 3.31. The van der Waals surface area contributed by atoms with E-state index < -0.39 is 22.4 Å². The molecule has 1 saturated heterocycles. The minimum Gasteiger partial charge on any atom is -0.338 e. The van der Waals surface area contributed by atoms with E-state index in [4.69, 9.17) is 0 Å². The molecular weight excluding hydrogens is 314 g/mol. The third-order valence-electron chi connectivity index (χ3n) is 4.59. The Morgan fingerprint density at radius 3 is 2.71 bits per heavy atom. The second-order valence-electron chi connectivity index (χ2n) is 6.09. The number of hydrogen-bond acceptors (Lipinski definition) is 5. The van der Waals surface area contributed by atoms with Crippen molar-refractivity contribution in [3.8, 4) is 0 Å². The van der Waals surface area contributed by atoms with E-state index in [1.54, 1.807) is 4.90 Å². The number of carbonyl (C=O) groups is 3. The van der Waals surface area contributed by atoms with E-state index >= 15 is 0 Å². The van der Waals surface area contributed by atoms with Crippen molar-refractivity contribution in [3.63, 3.8) is 0 Å².